The molecule has 0 amide bonds. The van der Waals surface area contributed by atoms with Crippen LogP contribution in [0, 0.1) is 0 Å². The Hall–Kier alpha value is -3.19. The predicted molar refractivity (Wildman–Crippen MR) is 112 cm³/mol. The zero-order valence-electron chi connectivity index (χ0n) is 15.7. The number of carboxylic acid groups (broad SMARTS) is 1. The lowest BCUT2D eigenvalue weighted by Gasteiger charge is -2.17. The summed E-state index contributed by atoms with van der Waals surface area (Å²) in [5, 5.41) is 14.5. The van der Waals surface area contributed by atoms with Crippen molar-refractivity contribution < 1.29 is 14.6 Å². The number of thiophene rings is 1. The minimum atomic E-state index is -1.01. The van der Waals surface area contributed by atoms with Crippen LogP contribution in [0.4, 0.5) is 11.5 Å². The van der Waals surface area contributed by atoms with Gasteiger partial charge < -0.3 is 15.2 Å². The quantitative estimate of drug-likeness (QED) is 0.525. The summed E-state index contributed by atoms with van der Waals surface area (Å²) in [5.74, 6) is 0.742. The molecule has 144 valence electrons. The number of nitrogens with one attached hydrogen (secondary N) is 1. The number of hydrogen-bond acceptors (Lipinski definition) is 6. The Morgan fingerprint density at radius 2 is 2.18 bits per heavy atom. The number of allylic oxidation sites excluding steroid dienone is 1. The highest BCUT2D eigenvalue weighted by molar-refractivity contribution is 7.13. The number of rotatable bonds is 8. The maximum absolute atomic E-state index is 11.2. The normalized spacial score (nSPS) is 10.5. The first-order chi connectivity index (χ1) is 13.6. The van der Waals surface area contributed by atoms with Crippen LogP contribution >= 0.6 is 11.3 Å². The molecule has 0 unspecified atom stereocenters. The minimum absolute atomic E-state index is 0.157. The van der Waals surface area contributed by atoms with Gasteiger partial charge in [0, 0.05) is 11.3 Å². The molecule has 0 aliphatic carbocycles. The van der Waals surface area contributed by atoms with Gasteiger partial charge in [-0.25, -0.2) is 14.8 Å². The summed E-state index contributed by atoms with van der Waals surface area (Å²) < 4.78 is 5.38. The molecule has 1 aromatic carbocycles. The number of carbonyl (C=O) groups is 1. The Morgan fingerprint density at radius 1 is 1.36 bits per heavy atom. The van der Waals surface area contributed by atoms with Gasteiger partial charge in [-0.05, 0) is 42.5 Å². The van der Waals surface area contributed by atoms with E-state index in [-0.39, 0.29) is 5.56 Å². The van der Waals surface area contributed by atoms with Crippen molar-refractivity contribution in [2.24, 2.45) is 0 Å². The van der Waals surface area contributed by atoms with E-state index in [9.17, 15) is 9.90 Å². The highest BCUT2D eigenvalue weighted by Crippen LogP contribution is 2.32. The molecule has 2 heterocycles. The van der Waals surface area contributed by atoms with Crippen molar-refractivity contribution in [3.63, 3.8) is 0 Å². The lowest BCUT2D eigenvalue weighted by Crippen LogP contribution is -2.08. The predicted octanol–water partition coefficient (Wildman–Crippen LogP) is 4.95. The highest BCUT2D eigenvalue weighted by Gasteiger charge is 2.16. The van der Waals surface area contributed by atoms with Crippen molar-refractivity contribution in [1.29, 1.82) is 0 Å². The third-order valence-electron chi connectivity index (χ3n) is 4.22. The molecule has 3 aromatic rings. The van der Waals surface area contributed by atoms with Gasteiger partial charge in [0.2, 0.25) is 0 Å². The standard InChI is InChI=1S/C21H21N3O3S/c1-4-7-14-15(5-2)22-20(18-8-6-11-28-18)24-19(14)23-16-10-9-13(21(25)26)12-17(16)27-3/h4,6,8-12H,1,5,7H2,2-3H3,(H,25,26)(H,22,23,24). The first-order valence-electron chi connectivity index (χ1n) is 8.80. The molecule has 0 aliphatic rings. The highest BCUT2D eigenvalue weighted by atomic mass is 32.1. The molecule has 3 rings (SSSR count). The number of aromatic nitrogens is 2. The van der Waals surface area contributed by atoms with Gasteiger partial charge in [0.15, 0.2) is 5.82 Å². The lowest BCUT2D eigenvalue weighted by molar-refractivity contribution is 0.0696. The molecule has 0 saturated heterocycles. The van der Waals surface area contributed by atoms with E-state index in [1.54, 1.807) is 17.4 Å². The molecule has 0 spiro atoms. The molecule has 28 heavy (non-hydrogen) atoms. The van der Waals surface area contributed by atoms with E-state index >= 15 is 0 Å². The third kappa shape index (κ3) is 4.04. The Bertz CT molecular complexity index is 1000. The summed E-state index contributed by atoms with van der Waals surface area (Å²) in [6, 6.07) is 8.65. The summed E-state index contributed by atoms with van der Waals surface area (Å²) >= 11 is 1.58. The van der Waals surface area contributed by atoms with Gasteiger partial charge in [0.1, 0.15) is 11.6 Å². The van der Waals surface area contributed by atoms with Gasteiger partial charge in [-0.2, -0.15) is 0 Å². The summed E-state index contributed by atoms with van der Waals surface area (Å²) in [5.41, 5.74) is 2.70. The van der Waals surface area contributed by atoms with Gasteiger partial charge in [-0.3, -0.25) is 0 Å². The van der Waals surface area contributed by atoms with Gasteiger partial charge in [0.05, 0.1) is 23.2 Å². The van der Waals surface area contributed by atoms with Gasteiger partial charge in [-0.1, -0.05) is 19.1 Å². The fourth-order valence-electron chi connectivity index (χ4n) is 2.86. The number of carboxylic acids is 1. The second-order valence-corrected chi connectivity index (χ2v) is 6.94. The number of nitrogens with zero attached hydrogens (tertiary/aromatic N) is 2. The van der Waals surface area contributed by atoms with Crippen LogP contribution in [0.1, 0.15) is 28.5 Å². The largest absolute Gasteiger partial charge is 0.495 e. The van der Waals surface area contributed by atoms with E-state index in [1.165, 1.54) is 19.2 Å². The molecule has 0 bridgehead atoms. The molecule has 0 aliphatic heterocycles. The van der Waals surface area contributed by atoms with Crippen LogP contribution in [0.2, 0.25) is 0 Å². The first-order valence-corrected chi connectivity index (χ1v) is 9.68. The second-order valence-electron chi connectivity index (χ2n) is 5.99. The summed E-state index contributed by atoms with van der Waals surface area (Å²) in [6.45, 7) is 5.90. The van der Waals surface area contributed by atoms with Crippen molar-refractivity contribution in [3.05, 3.63) is 65.2 Å². The topological polar surface area (TPSA) is 84.3 Å². The molecule has 0 radical (unpaired) electrons. The molecular formula is C21H21N3O3S. The van der Waals surface area contributed by atoms with E-state index in [0.29, 0.717) is 29.5 Å². The maximum Gasteiger partial charge on any atom is 0.335 e. The van der Waals surface area contributed by atoms with E-state index in [4.69, 9.17) is 14.7 Å². The van der Waals surface area contributed by atoms with E-state index in [0.717, 1.165) is 22.6 Å². The fourth-order valence-corrected chi connectivity index (χ4v) is 3.51. The van der Waals surface area contributed by atoms with Crippen molar-refractivity contribution in [2.75, 3.05) is 12.4 Å². The van der Waals surface area contributed by atoms with Crippen LogP contribution in [0.3, 0.4) is 0 Å². The Kier molecular flexibility index (Phi) is 6.06. The van der Waals surface area contributed by atoms with E-state index in [2.05, 4.69) is 18.8 Å². The molecule has 6 nitrogen and oxygen atoms in total. The SMILES string of the molecule is C=CCc1c(CC)nc(-c2cccs2)nc1Nc1ccc(C(=O)O)cc1OC. The average molecular weight is 395 g/mol. The Balaban J connectivity index is 2.10. The Morgan fingerprint density at radius 3 is 2.79 bits per heavy atom. The van der Waals surface area contributed by atoms with Gasteiger partial charge >= 0.3 is 5.97 Å². The van der Waals surface area contributed by atoms with Crippen LogP contribution in [-0.4, -0.2) is 28.2 Å². The molecule has 0 saturated carbocycles. The van der Waals surface area contributed by atoms with Crippen molar-refractivity contribution in [2.45, 2.75) is 19.8 Å². The number of anilines is 2. The first kappa shape index (κ1) is 19.6. The minimum Gasteiger partial charge on any atom is -0.495 e. The van der Waals surface area contributed by atoms with Crippen LogP contribution in [0.15, 0.2) is 48.4 Å². The zero-order chi connectivity index (χ0) is 20.1. The van der Waals surface area contributed by atoms with Crippen LogP contribution in [0.5, 0.6) is 5.75 Å². The third-order valence-corrected chi connectivity index (χ3v) is 5.09. The summed E-state index contributed by atoms with van der Waals surface area (Å²) in [6.07, 6.45) is 3.19. The molecule has 2 N–H and O–H groups in total. The van der Waals surface area contributed by atoms with E-state index in [1.807, 2.05) is 23.6 Å². The summed E-state index contributed by atoms with van der Waals surface area (Å²) in [4.78, 5) is 21.7. The van der Waals surface area contributed by atoms with Crippen LogP contribution < -0.4 is 10.1 Å². The lowest BCUT2D eigenvalue weighted by atomic mass is 10.1. The number of ether oxygens (including phenoxy) is 1. The molecular weight excluding hydrogens is 374 g/mol. The number of hydrogen-bond donors (Lipinski definition) is 2. The van der Waals surface area contributed by atoms with E-state index < -0.39 is 5.97 Å². The number of aromatic carboxylic acids is 1. The van der Waals surface area contributed by atoms with Gasteiger partial charge in [-0.15, -0.1) is 17.9 Å². The fraction of sp³-hybridized carbons (Fsp3) is 0.190. The maximum atomic E-state index is 11.2. The van der Waals surface area contributed by atoms with Crippen molar-refractivity contribution in [3.8, 4) is 16.5 Å². The van der Waals surface area contributed by atoms with Gasteiger partial charge in [0.25, 0.3) is 0 Å². The van der Waals surface area contributed by atoms with Crippen molar-refractivity contribution in [1.82, 2.24) is 9.97 Å². The van der Waals surface area contributed by atoms with Crippen molar-refractivity contribution >= 4 is 28.8 Å². The number of methoxy groups -OCH3 is 1. The van der Waals surface area contributed by atoms with Crippen LogP contribution in [0.25, 0.3) is 10.7 Å². The van der Waals surface area contributed by atoms with Crippen LogP contribution in [-0.2, 0) is 12.8 Å². The number of benzene rings is 1. The summed E-state index contributed by atoms with van der Waals surface area (Å²) in [7, 11) is 1.51. The monoisotopic (exact) mass is 395 g/mol. The zero-order valence-corrected chi connectivity index (χ0v) is 16.5. The molecule has 0 fully saturated rings. The smallest absolute Gasteiger partial charge is 0.335 e. The number of aryl methyl sites for hydroxylation is 1. The second kappa shape index (κ2) is 8.67. The Labute approximate surface area is 167 Å². The molecule has 2 aromatic heterocycles. The molecule has 7 heteroatoms. The average Bonchev–Trinajstić information content (AvgIpc) is 3.24. The molecule has 0 atom stereocenters.